The number of likely N-dealkylation sites (tertiary alicyclic amines) is 1. The highest BCUT2D eigenvalue weighted by atomic mass is 19.4. The van der Waals surface area contributed by atoms with Crippen molar-refractivity contribution in [1.82, 2.24) is 4.90 Å². The van der Waals surface area contributed by atoms with Gasteiger partial charge in [0.15, 0.2) is 0 Å². The summed E-state index contributed by atoms with van der Waals surface area (Å²) in [5.74, 6) is -1.82. The predicted octanol–water partition coefficient (Wildman–Crippen LogP) is 2.90. The molecule has 2 rings (SSSR count). The molecule has 0 saturated carbocycles. The van der Waals surface area contributed by atoms with Gasteiger partial charge in [0.2, 0.25) is 0 Å². The number of alkyl halides is 3. The molecule has 1 heterocycles. The Balaban J connectivity index is 2.27. The van der Waals surface area contributed by atoms with Crippen LogP contribution in [0.1, 0.15) is 29.3 Å². The topological polar surface area (TPSA) is 46.3 Å². The molecule has 7 heteroatoms. The number of hydrogen-bond acceptors (Lipinski definition) is 2. The normalized spacial score (nSPS) is 22.7. The van der Waals surface area contributed by atoms with Crippen molar-refractivity contribution in [3.63, 3.8) is 0 Å². The zero-order valence-corrected chi connectivity index (χ0v) is 12.2. The first-order chi connectivity index (χ1) is 10.3. The highest BCUT2D eigenvalue weighted by molar-refractivity contribution is 5.94. The van der Waals surface area contributed by atoms with Crippen LogP contribution in [0, 0.1) is 17.7 Å². The highest BCUT2D eigenvalue weighted by Gasteiger charge is 2.37. The van der Waals surface area contributed by atoms with Gasteiger partial charge in [-0.15, -0.1) is 0 Å². The molecule has 2 atom stereocenters. The van der Waals surface area contributed by atoms with Crippen molar-refractivity contribution in [2.45, 2.75) is 19.5 Å². The van der Waals surface area contributed by atoms with Crippen LogP contribution < -0.4 is 5.73 Å². The number of carbonyl (C=O) groups excluding carboxylic acids is 1. The van der Waals surface area contributed by atoms with Crippen LogP contribution in [0.3, 0.4) is 0 Å². The molecule has 2 N–H and O–H groups in total. The molecule has 0 spiro atoms. The zero-order chi connectivity index (χ0) is 16.5. The van der Waals surface area contributed by atoms with Crippen LogP contribution in [-0.4, -0.2) is 30.4 Å². The Labute approximate surface area is 126 Å². The van der Waals surface area contributed by atoms with E-state index >= 15 is 0 Å². The van der Waals surface area contributed by atoms with E-state index in [4.69, 9.17) is 5.73 Å². The van der Waals surface area contributed by atoms with Gasteiger partial charge in [-0.3, -0.25) is 4.79 Å². The minimum Gasteiger partial charge on any atom is -0.338 e. The van der Waals surface area contributed by atoms with Crippen LogP contribution in [0.4, 0.5) is 17.6 Å². The largest absolute Gasteiger partial charge is 0.419 e. The number of nitrogens with zero attached hydrogens (tertiary/aromatic N) is 1. The summed E-state index contributed by atoms with van der Waals surface area (Å²) in [4.78, 5) is 13.7. The Morgan fingerprint density at radius 1 is 1.41 bits per heavy atom. The summed E-state index contributed by atoms with van der Waals surface area (Å²) in [5, 5.41) is 0. The van der Waals surface area contributed by atoms with E-state index in [1.54, 1.807) is 0 Å². The van der Waals surface area contributed by atoms with E-state index in [2.05, 4.69) is 0 Å². The maximum atomic E-state index is 14.0. The van der Waals surface area contributed by atoms with Gasteiger partial charge in [0, 0.05) is 13.1 Å². The van der Waals surface area contributed by atoms with Gasteiger partial charge in [-0.2, -0.15) is 13.2 Å². The highest BCUT2D eigenvalue weighted by Crippen LogP contribution is 2.33. The molecule has 22 heavy (non-hydrogen) atoms. The molecule has 1 aliphatic heterocycles. The van der Waals surface area contributed by atoms with Crippen LogP contribution in [0.15, 0.2) is 18.2 Å². The second-order valence-electron chi connectivity index (χ2n) is 5.68. The molecular weight excluding hydrogens is 300 g/mol. The molecule has 1 aliphatic rings. The van der Waals surface area contributed by atoms with E-state index in [0.29, 0.717) is 38.0 Å². The van der Waals surface area contributed by atoms with Crippen LogP contribution >= 0.6 is 0 Å². The molecule has 1 saturated heterocycles. The Bertz CT molecular complexity index is 559. The first-order valence-electron chi connectivity index (χ1n) is 7.10. The molecule has 122 valence electrons. The summed E-state index contributed by atoms with van der Waals surface area (Å²) in [6.07, 6.45) is -4.12. The third-order valence-corrected chi connectivity index (χ3v) is 4.24. The monoisotopic (exact) mass is 318 g/mol. The summed E-state index contributed by atoms with van der Waals surface area (Å²) in [6, 6.07) is 2.77. The van der Waals surface area contributed by atoms with Gasteiger partial charge in [-0.25, -0.2) is 4.39 Å². The summed E-state index contributed by atoms with van der Waals surface area (Å²) < 4.78 is 52.2. The van der Waals surface area contributed by atoms with Crippen LogP contribution in [0.5, 0.6) is 0 Å². The number of rotatable bonds is 2. The number of piperidine rings is 1. The lowest BCUT2D eigenvalue weighted by molar-refractivity contribution is -0.140. The zero-order valence-electron chi connectivity index (χ0n) is 12.2. The summed E-state index contributed by atoms with van der Waals surface area (Å²) in [6.45, 7) is 3.14. The molecule has 0 radical (unpaired) electrons. The number of halogens is 4. The Morgan fingerprint density at radius 3 is 2.68 bits per heavy atom. The summed E-state index contributed by atoms with van der Waals surface area (Å²) >= 11 is 0. The van der Waals surface area contributed by atoms with Gasteiger partial charge in [0.05, 0.1) is 11.1 Å². The third-order valence-electron chi connectivity index (χ3n) is 4.24. The van der Waals surface area contributed by atoms with Gasteiger partial charge < -0.3 is 10.6 Å². The molecule has 3 nitrogen and oxygen atoms in total. The Morgan fingerprint density at radius 2 is 2.09 bits per heavy atom. The molecule has 1 aromatic rings. The molecule has 0 aliphatic carbocycles. The molecule has 1 aromatic carbocycles. The van der Waals surface area contributed by atoms with Gasteiger partial charge in [-0.1, -0.05) is 13.0 Å². The molecule has 0 bridgehead atoms. The van der Waals surface area contributed by atoms with Crippen molar-refractivity contribution in [2.24, 2.45) is 17.6 Å². The van der Waals surface area contributed by atoms with E-state index in [-0.39, 0.29) is 5.92 Å². The number of benzene rings is 1. The fourth-order valence-electron chi connectivity index (χ4n) is 2.73. The average Bonchev–Trinajstić information content (AvgIpc) is 2.46. The quantitative estimate of drug-likeness (QED) is 0.852. The fourth-order valence-corrected chi connectivity index (χ4v) is 2.73. The van der Waals surface area contributed by atoms with E-state index < -0.39 is 29.0 Å². The Hall–Kier alpha value is -1.63. The predicted molar refractivity (Wildman–Crippen MR) is 73.6 cm³/mol. The van der Waals surface area contributed by atoms with Crippen molar-refractivity contribution in [3.05, 3.63) is 35.1 Å². The first-order valence-corrected chi connectivity index (χ1v) is 7.10. The third kappa shape index (κ3) is 3.24. The van der Waals surface area contributed by atoms with E-state index in [9.17, 15) is 22.4 Å². The van der Waals surface area contributed by atoms with Gasteiger partial charge >= 0.3 is 6.18 Å². The minimum atomic E-state index is -4.82. The van der Waals surface area contributed by atoms with Gasteiger partial charge in [0.1, 0.15) is 5.82 Å². The molecular formula is C15H18F4N2O. The van der Waals surface area contributed by atoms with Gasteiger partial charge in [0.25, 0.3) is 5.91 Å². The number of nitrogens with two attached hydrogens (primary N) is 1. The average molecular weight is 318 g/mol. The summed E-state index contributed by atoms with van der Waals surface area (Å²) in [7, 11) is 0. The first kappa shape index (κ1) is 16.7. The van der Waals surface area contributed by atoms with Gasteiger partial charge in [-0.05, 0) is 36.9 Å². The van der Waals surface area contributed by atoms with E-state index in [1.807, 2.05) is 6.92 Å². The maximum Gasteiger partial charge on any atom is 0.419 e. The maximum absolute atomic E-state index is 14.0. The molecule has 2 unspecified atom stereocenters. The standard InChI is InChI=1S/C15H18F4N2O/c1-9-5-6-21(8-10(9)7-20)14(22)11-3-2-4-12(13(11)16)15(17,18)19/h2-4,9-10H,5-8,20H2,1H3. The lowest BCUT2D eigenvalue weighted by Gasteiger charge is -2.36. The lowest BCUT2D eigenvalue weighted by Crippen LogP contribution is -2.45. The van der Waals surface area contributed by atoms with Crippen LogP contribution in [0.2, 0.25) is 0 Å². The van der Waals surface area contributed by atoms with Crippen molar-refractivity contribution >= 4 is 5.91 Å². The van der Waals surface area contributed by atoms with E-state index in [1.165, 1.54) is 4.90 Å². The van der Waals surface area contributed by atoms with Crippen LogP contribution in [0.25, 0.3) is 0 Å². The van der Waals surface area contributed by atoms with E-state index in [0.717, 1.165) is 12.1 Å². The summed E-state index contributed by atoms with van der Waals surface area (Å²) in [5.41, 5.74) is 3.69. The Kier molecular flexibility index (Phi) is 4.75. The van der Waals surface area contributed by atoms with Crippen molar-refractivity contribution in [1.29, 1.82) is 0 Å². The van der Waals surface area contributed by atoms with Crippen molar-refractivity contribution < 1.29 is 22.4 Å². The molecule has 1 fully saturated rings. The second-order valence-corrected chi connectivity index (χ2v) is 5.68. The minimum absolute atomic E-state index is 0.0755. The lowest BCUT2D eigenvalue weighted by atomic mass is 9.87. The fraction of sp³-hybridized carbons (Fsp3) is 0.533. The molecule has 1 amide bonds. The van der Waals surface area contributed by atoms with Crippen molar-refractivity contribution in [3.8, 4) is 0 Å². The SMILES string of the molecule is CC1CCN(C(=O)c2cccc(C(F)(F)F)c2F)CC1CN. The van der Waals surface area contributed by atoms with Crippen molar-refractivity contribution in [2.75, 3.05) is 19.6 Å². The number of amides is 1. The number of hydrogen-bond donors (Lipinski definition) is 1. The smallest absolute Gasteiger partial charge is 0.338 e. The second kappa shape index (κ2) is 6.24. The molecule has 0 aromatic heterocycles. The van der Waals surface area contributed by atoms with Crippen LogP contribution in [-0.2, 0) is 6.18 Å². The number of carbonyl (C=O) groups is 1.